The van der Waals surface area contributed by atoms with Gasteiger partial charge in [-0.1, -0.05) is 0 Å². The zero-order valence-corrected chi connectivity index (χ0v) is 4.78. The molecule has 4 N–H and O–H groups in total. The average Bonchev–Trinajstić information content (AvgIpc) is 1.77. The van der Waals surface area contributed by atoms with Gasteiger partial charge in [0, 0.05) is 6.42 Å². The lowest BCUT2D eigenvalue weighted by Crippen LogP contribution is -2.56. The van der Waals surface area contributed by atoms with Gasteiger partial charge in [0.1, 0.15) is 6.10 Å². The van der Waals surface area contributed by atoms with Crippen LogP contribution in [0.3, 0.4) is 0 Å². The van der Waals surface area contributed by atoms with Gasteiger partial charge in [-0.15, -0.1) is 0 Å². The first-order valence-electron chi connectivity index (χ1n) is 2.63. The molecule has 0 bridgehead atoms. The Morgan fingerprint density at radius 1 is 1.67 bits per heavy atom. The quantitative estimate of drug-likeness (QED) is 0.272. The molecule has 54 valence electrons. The summed E-state index contributed by atoms with van der Waals surface area (Å²) < 4.78 is 0. The molecule has 1 heterocycles. The van der Waals surface area contributed by atoms with Crippen LogP contribution in [-0.4, -0.2) is 28.8 Å². The normalized spacial score (nSPS) is 45.0. The summed E-state index contributed by atoms with van der Waals surface area (Å²) in [6.45, 7) is 0.251. The molecule has 5 nitrogen and oxygen atoms in total. The van der Waals surface area contributed by atoms with Gasteiger partial charge in [-0.05, 0) is 0 Å². The Bertz CT molecular complexity index is 105. The first-order valence-corrected chi connectivity index (χ1v) is 2.63. The number of aliphatic hydroxyl groups is 2. The first-order chi connectivity index (χ1) is 4.13. The highest BCUT2D eigenvalue weighted by Gasteiger charge is 2.36. The SMILES string of the molecule is NC1(O)OOCCC1O. The van der Waals surface area contributed by atoms with Crippen molar-refractivity contribution < 1.29 is 20.0 Å². The molecule has 0 aromatic carbocycles. The monoisotopic (exact) mass is 135 g/mol. The van der Waals surface area contributed by atoms with Crippen LogP contribution in [0.2, 0.25) is 0 Å². The third kappa shape index (κ3) is 1.38. The van der Waals surface area contributed by atoms with Gasteiger partial charge in [0.15, 0.2) is 0 Å². The minimum absolute atomic E-state index is 0.251. The lowest BCUT2D eigenvalue weighted by molar-refractivity contribution is -0.460. The molecule has 1 fully saturated rings. The second-order valence-corrected chi connectivity index (χ2v) is 1.96. The Morgan fingerprint density at radius 3 is 2.67 bits per heavy atom. The second-order valence-electron chi connectivity index (χ2n) is 1.96. The van der Waals surface area contributed by atoms with Crippen molar-refractivity contribution in [3.05, 3.63) is 0 Å². The maximum atomic E-state index is 8.86. The van der Waals surface area contributed by atoms with E-state index < -0.39 is 12.0 Å². The van der Waals surface area contributed by atoms with E-state index in [1.165, 1.54) is 0 Å². The largest absolute Gasteiger partial charge is 0.386 e. The van der Waals surface area contributed by atoms with Crippen molar-refractivity contribution in [2.24, 2.45) is 5.73 Å². The average molecular weight is 135 g/mol. The topological polar surface area (TPSA) is 84.9 Å². The molecule has 2 atom stereocenters. The lowest BCUT2D eigenvalue weighted by atomic mass is 10.2. The summed E-state index contributed by atoms with van der Waals surface area (Å²) in [6, 6.07) is 0. The van der Waals surface area contributed by atoms with Crippen LogP contribution in [0.5, 0.6) is 0 Å². The molecule has 1 aliphatic rings. The Hall–Kier alpha value is -0.200. The van der Waals surface area contributed by atoms with Crippen LogP contribution < -0.4 is 5.73 Å². The molecule has 0 radical (unpaired) electrons. The van der Waals surface area contributed by atoms with E-state index in [0.29, 0.717) is 0 Å². The maximum absolute atomic E-state index is 8.86. The van der Waals surface area contributed by atoms with Gasteiger partial charge >= 0.3 is 0 Å². The molecule has 0 saturated carbocycles. The highest BCUT2D eigenvalue weighted by molar-refractivity contribution is 4.70. The molecule has 0 aromatic heterocycles. The van der Waals surface area contributed by atoms with Crippen LogP contribution >= 0.6 is 0 Å². The van der Waals surface area contributed by atoms with Crippen LogP contribution in [0.25, 0.3) is 0 Å². The summed E-state index contributed by atoms with van der Waals surface area (Å²) in [4.78, 5) is 8.48. The zero-order chi connectivity index (χ0) is 6.91. The van der Waals surface area contributed by atoms with E-state index in [0.717, 1.165) is 0 Å². The summed E-state index contributed by atoms with van der Waals surface area (Å²) in [5.41, 5.74) is 4.98. The Balaban J connectivity index is 2.49. The van der Waals surface area contributed by atoms with E-state index in [2.05, 4.69) is 9.78 Å². The summed E-state index contributed by atoms with van der Waals surface area (Å²) in [6.07, 6.45) is -0.779. The summed E-state index contributed by atoms with van der Waals surface area (Å²) >= 11 is 0. The van der Waals surface area contributed by atoms with Crippen molar-refractivity contribution in [2.45, 2.75) is 18.4 Å². The van der Waals surface area contributed by atoms with Crippen LogP contribution in [0.1, 0.15) is 6.42 Å². The van der Waals surface area contributed by atoms with Gasteiger partial charge in [0.25, 0.3) is 5.91 Å². The molecule has 1 rings (SSSR count). The van der Waals surface area contributed by atoms with Gasteiger partial charge in [0.05, 0.1) is 6.61 Å². The van der Waals surface area contributed by atoms with E-state index in [4.69, 9.17) is 15.9 Å². The van der Waals surface area contributed by atoms with Gasteiger partial charge in [-0.3, -0.25) is 5.73 Å². The van der Waals surface area contributed by atoms with Gasteiger partial charge in [-0.25, -0.2) is 4.89 Å². The Labute approximate surface area is 51.9 Å². The van der Waals surface area contributed by atoms with Crippen molar-refractivity contribution >= 4 is 0 Å². The standard InChI is InChI=1S/C4H9NO4/c5-4(7)3(6)1-2-8-9-4/h3,6-7H,1-2,5H2. The number of rotatable bonds is 0. The summed E-state index contributed by atoms with van der Waals surface area (Å²) in [5, 5.41) is 17.7. The third-order valence-electron chi connectivity index (χ3n) is 1.14. The van der Waals surface area contributed by atoms with Crippen molar-refractivity contribution in [1.82, 2.24) is 0 Å². The molecule has 0 spiro atoms. The molecule has 2 unspecified atom stereocenters. The number of hydrogen-bond donors (Lipinski definition) is 3. The van der Waals surface area contributed by atoms with Crippen LogP contribution in [0, 0.1) is 0 Å². The second kappa shape index (κ2) is 2.20. The van der Waals surface area contributed by atoms with Crippen molar-refractivity contribution in [1.29, 1.82) is 0 Å². The van der Waals surface area contributed by atoms with E-state index in [1.807, 2.05) is 0 Å². The molecule has 9 heavy (non-hydrogen) atoms. The molecule has 0 aliphatic carbocycles. The third-order valence-corrected chi connectivity index (χ3v) is 1.14. The predicted molar refractivity (Wildman–Crippen MR) is 26.8 cm³/mol. The Kier molecular flexibility index (Phi) is 1.69. The molecular formula is C4H9NO4. The number of aliphatic hydroxyl groups excluding tert-OH is 1. The van der Waals surface area contributed by atoms with Crippen LogP contribution in [-0.2, 0) is 9.78 Å². The van der Waals surface area contributed by atoms with E-state index in [-0.39, 0.29) is 13.0 Å². The zero-order valence-electron chi connectivity index (χ0n) is 4.78. The Morgan fingerprint density at radius 2 is 2.33 bits per heavy atom. The molecule has 1 aliphatic heterocycles. The highest BCUT2D eigenvalue weighted by Crippen LogP contribution is 2.14. The highest BCUT2D eigenvalue weighted by atomic mass is 17.2. The smallest absolute Gasteiger partial charge is 0.279 e. The molecule has 0 aromatic rings. The summed E-state index contributed by atoms with van der Waals surface area (Å²) in [7, 11) is 0. The summed E-state index contributed by atoms with van der Waals surface area (Å²) in [5.74, 6) is -2.03. The van der Waals surface area contributed by atoms with Crippen molar-refractivity contribution in [3.8, 4) is 0 Å². The lowest BCUT2D eigenvalue weighted by Gasteiger charge is -2.30. The molecular weight excluding hydrogens is 126 g/mol. The first kappa shape index (κ1) is 6.91. The fourth-order valence-electron chi connectivity index (χ4n) is 0.558. The fraction of sp³-hybridized carbons (Fsp3) is 1.00. The van der Waals surface area contributed by atoms with Crippen LogP contribution in [0.4, 0.5) is 0 Å². The fourth-order valence-corrected chi connectivity index (χ4v) is 0.558. The predicted octanol–water partition coefficient (Wildman–Crippen LogP) is -1.70. The van der Waals surface area contributed by atoms with Gasteiger partial charge in [0.2, 0.25) is 0 Å². The van der Waals surface area contributed by atoms with E-state index >= 15 is 0 Å². The van der Waals surface area contributed by atoms with Gasteiger partial charge in [-0.2, -0.15) is 4.89 Å². The maximum Gasteiger partial charge on any atom is 0.279 e. The molecule has 5 heteroatoms. The van der Waals surface area contributed by atoms with Crippen LogP contribution in [0.15, 0.2) is 0 Å². The van der Waals surface area contributed by atoms with Crippen molar-refractivity contribution in [2.75, 3.05) is 6.61 Å². The molecule has 0 amide bonds. The van der Waals surface area contributed by atoms with Gasteiger partial charge < -0.3 is 10.2 Å². The van der Waals surface area contributed by atoms with E-state index in [9.17, 15) is 0 Å². The minimum atomic E-state index is -2.03. The minimum Gasteiger partial charge on any atom is -0.386 e. The number of hydrogen-bond acceptors (Lipinski definition) is 5. The van der Waals surface area contributed by atoms with E-state index in [1.54, 1.807) is 0 Å². The molecule has 1 saturated heterocycles. The van der Waals surface area contributed by atoms with Crippen molar-refractivity contribution in [3.63, 3.8) is 0 Å². The number of nitrogens with two attached hydrogens (primary N) is 1.